The maximum atomic E-state index is 13.0. The number of benzene rings is 3. The van der Waals surface area contributed by atoms with Crippen LogP contribution < -0.4 is 9.66 Å². The standard InChI is InChI=1S/C28H34N4O4S2/c1-4-5-6-10-13-27(29-31-37(33,34)25-18-14-22(2)15-19-25)28(24-11-8-7-9-12-24)30-32-38(35,36)26-20-16-23(3)17-21-26/h7-9,11-12,14-21,31-32H,4-6,10,13H2,1-3H3/b29-27+,30-28-. The van der Waals surface area contributed by atoms with E-state index in [1.165, 1.54) is 24.3 Å². The second-order valence-electron chi connectivity index (χ2n) is 9.01. The molecule has 8 nitrogen and oxygen atoms in total. The van der Waals surface area contributed by atoms with Crippen LogP contribution in [0.5, 0.6) is 0 Å². The Kier molecular flexibility index (Phi) is 10.2. The van der Waals surface area contributed by atoms with Crippen molar-refractivity contribution in [3.63, 3.8) is 0 Å². The van der Waals surface area contributed by atoms with Crippen LogP contribution >= 0.6 is 0 Å². The van der Waals surface area contributed by atoms with Gasteiger partial charge >= 0.3 is 0 Å². The Morgan fingerprint density at radius 3 is 1.66 bits per heavy atom. The zero-order chi connectivity index (χ0) is 27.6. The third-order valence-electron chi connectivity index (χ3n) is 5.83. The van der Waals surface area contributed by atoms with Crippen LogP contribution in [-0.4, -0.2) is 28.3 Å². The molecule has 0 heterocycles. The molecule has 0 aliphatic heterocycles. The Hall–Kier alpha value is -3.50. The normalized spacial score (nSPS) is 12.8. The van der Waals surface area contributed by atoms with Gasteiger partial charge in [0.1, 0.15) is 5.71 Å². The van der Waals surface area contributed by atoms with Crippen LogP contribution in [0, 0.1) is 13.8 Å². The van der Waals surface area contributed by atoms with Crippen LogP contribution in [0.2, 0.25) is 0 Å². The molecule has 0 radical (unpaired) electrons. The largest absolute Gasteiger partial charge is 0.276 e. The van der Waals surface area contributed by atoms with Crippen LogP contribution in [-0.2, 0) is 20.0 Å². The minimum Gasteiger partial charge on any atom is -0.200 e. The summed E-state index contributed by atoms with van der Waals surface area (Å²) in [5, 5.41) is 8.53. The Bertz CT molecular complexity index is 1470. The Morgan fingerprint density at radius 1 is 0.658 bits per heavy atom. The second-order valence-corrected chi connectivity index (χ2v) is 12.3. The monoisotopic (exact) mass is 554 g/mol. The zero-order valence-electron chi connectivity index (χ0n) is 21.9. The molecule has 2 N–H and O–H groups in total. The quantitative estimate of drug-likeness (QED) is 0.170. The van der Waals surface area contributed by atoms with Crippen molar-refractivity contribution in [1.82, 2.24) is 9.66 Å². The average Bonchev–Trinajstić information content (AvgIpc) is 2.90. The summed E-state index contributed by atoms with van der Waals surface area (Å²) < 4.78 is 51.8. The maximum Gasteiger partial charge on any atom is 0.276 e. The maximum absolute atomic E-state index is 13.0. The first-order valence-electron chi connectivity index (χ1n) is 12.5. The number of rotatable bonds is 13. The molecule has 0 aliphatic rings. The van der Waals surface area contributed by atoms with Gasteiger partial charge in [-0.05, 0) is 51.0 Å². The van der Waals surface area contributed by atoms with Crippen molar-refractivity contribution in [1.29, 1.82) is 0 Å². The summed E-state index contributed by atoms with van der Waals surface area (Å²) in [6, 6.07) is 21.8. The molecule has 3 rings (SSSR count). The lowest BCUT2D eigenvalue weighted by Crippen LogP contribution is -2.28. The van der Waals surface area contributed by atoms with Crippen molar-refractivity contribution < 1.29 is 16.8 Å². The SMILES string of the molecule is CCCCCCC(=N\NS(=O)(=O)c1ccc(C)cc1)/C(=N\NS(=O)(=O)c1ccc(C)cc1)c1ccccc1. The highest BCUT2D eigenvalue weighted by Gasteiger charge is 2.19. The lowest BCUT2D eigenvalue weighted by Gasteiger charge is -2.13. The van der Waals surface area contributed by atoms with E-state index >= 15 is 0 Å². The number of sulfonamides is 2. The van der Waals surface area contributed by atoms with Gasteiger partial charge in [-0.3, -0.25) is 0 Å². The molecule has 38 heavy (non-hydrogen) atoms. The van der Waals surface area contributed by atoms with E-state index in [2.05, 4.69) is 26.8 Å². The fourth-order valence-corrected chi connectivity index (χ4v) is 5.24. The number of hydrazone groups is 2. The third-order valence-corrected chi connectivity index (χ3v) is 8.28. The highest BCUT2D eigenvalue weighted by Crippen LogP contribution is 2.14. The van der Waals surface area contributed by atoms with E-state index in [0.29, 0.717) is 17.7 Å². The van der Waals surface area contributed by atoms with E-state index < -0.39 is 20.0 Å². The number of hydrogen-bond donors (Lipinski definition) is 2. The molecule has 0 saturated carbocycles. The highest BCUT2D eigenvalue weighted by molar-refractivity contribution is 7.89. The van der Waals surface area contributed by atoms with Gasteiger partial charge in [0.25, 0.3) is 20.0 Å². The van der Waals surface area contributed by atoms with Gasteiger partial charge in [-0.15, -0.1) is 0 Å². The molecule has 3 aromatic carbocycles. The van der Waals surface area contributed by atoms with Gasteiger partial charge < -0.3 is 0 Å². The predicted molar refractivity (Wildman–Crippen MR) is 152 cm³/mol. The molecule has 0 saturated heterocycles. The molecule has 0 spiro atoms. The van der Waals surface area contributed by atoms with E-state index in [-0.39, 0.29) is 15.5 Å². The summed E-state index contributed by atoms with van der Waals surface area (Å²) in [5.74, 6) is 0. The van der Waals surface area contributed by atoms with Crippen molar-refractivity contribution >= 4 is 31.5 Å². The van der Waals surface area contributed by atoms with Gasteiger partial charge in [-0.2, -0.15) is 36.7 Å². The van der Waals surface area contributed by atoms with E-state index in [0.717, 1.165) is 36.8 Å². The van der Waals surface area contributed by atoms with Gasteiger partial charge in [-0.1, -0.05) is 91.9 Å². The molecular formula is C28H34N4O4S2. The lowest BCUT2D eigenvalue weighted by molar-refractivity contribution is 0.582. The fraction of sp³-hybridized carbons (Fsp3) is 0.286. The third kappa shape index (κ3) is 8.26. The highest BCUT2D eigenvalue weighted by atomic mass is 32.2. The second kappa shape index (κ2) is 13.3. The molecule has 202 valence electrons. The van der Waals surface area contributed by atoms with Gasteiger partial charge in [0.15, 0.2) is 0 Å². The summed E-state index contributed by atoms with van der Waals surface area (Å²) in [4.78, 5) is 4.79. The summed E-state index contributed by atoms with van der Waals surface area (Å²) >= 11 is 0. The number of hydrogen-bond acceptors (Lipinski definition) is 6. The molecule has 0 atom stereocenters. The van der Waals surface area contributed by atoms with Crippen molar-refractivity contribution in [2.75, 3.05) is 0 Å². The van der Waals surface area contributed by atoms with Crippen LogP contribution in [0.3, 0.4) is 0 Å². The van der Waals surface area contributed by atoms with Crippen molar-refractivity contribution in [3.8, 4) is 0 Å². The Morgan fingerprint density at radius 2 is 1.16 bits per heavy atom. The first-order chi connectivity index (χ1) is 18.1. The molecule has 0 aliphatic carbocycles. The molecule has 0 amide bonds. The lowest BCUT2D eigenvalue weighted by atomic mass is 10.0. The van der Waals surface area contributed by atoms with E-state index in [1.807, 2.05) is 19.9 Å². The fourth-order valence-electron chi connectivity index (χ4n) is 3.60. The molecule has 10 heteroatoms. The van der Waals surface area contributed by atoms with Crippen LogP contribution in [0.1, 0.15) is 55.7 Å². The minimum absolute atomic E-state index is 0.0702. The summed E-state index contributed by atoms with van der Waals surface area (Å²) in [7, 11) is -7.91. The van der Waals surface area contributed by atoms with E-state index in [9.17, 15) is 16.8 Å². The first kappa shape index (κ1) is 29.1. The van der Waals surface area contributed by atoms with Crippen LogP contribution in [0.4, 0.5) is 0 Å². The van der Waals surface area contributed by atoms with E-state index in [1.54, 1.807) is 48.5 Å². The van der Waals surface area contributed by atoms with Crippen molar-refractivity contribution in [2.45, 2.75) is 62.7 Å². The Labute approximate surface area is 226 Å². The van der Waals surface area contributed by atoms with Crippen LogP contribution in [0.15, 0.2) is 98.9 Å². The predicted octanol–water partition coefficient (Wildman–Crippen LogP) is 5.29. The number of unbranched alkanes of at least 4 members (excludes halogenated alkanes) is 3. The van der Waals surface area contributed by atoms with Crippen molar-refractivity contribution in [3.05, 3.63) is 95.6 Å². The topological polar surface area (TPSA) is 117 Å². The van der Waals surface area contributed by atoms with Gasteiger partial charge in [0.2, 0.25) is 0 Å². The Balaban J connectivity index is 2.01. The zero-order valence-corrected chi connectivity index (χ0v) is 23.5. The van der Waals surface area contributed by atoms with Gasteiger partial charge in [0.05, 0.1) is 15.5 Å². The summed E-state index contributed by atoms with van der Waals surface area (Å²) in [5.41, 5.74) is 3.03. The molecule has 3 aromatic rings. The van der Waals surface area contributed by atoms with Crippen LogP contribution in [0.25, 0.3) is 0 Å². The molecule has 0 bridgehead atoms. The minimum atomic E-state index is -3.96. The number of nitrogens with one attached hydrogen (secondary N) is 2. The molecule has 0 fully saturated rings. The van der Waals surface area contributed by atoms with Crippen molar-refractivity contribution in [2.24, 2.45) is 10.2 Å². The average molecular weight is 555 g/mol. The van der Waals surface area contributed by atoms with E-state index in [4.69, 9.17) is 0 Å². The summed E-state index contributed by atoms with van der Waals surface area (Å²) in [6.07, 6.45) is 4.09. The smallest absolute Gasteiger partial charge is 0.200 e. The number of aryl methyl sites for hydroxylation is 2. The number of nitrogens with zero attached hydrogens (tertiary/aromatic N) is 2. The first-order valence-corrected chi connectivity index (χ1v) is 15.5. The molecule has 0 aromatic heterocycles. The summed E-state index contributed by atoms with van der Waals surface area (Å²) in [6.45, 7) is 5.84. The van der Waals surface area contributed by atoms with Gasteiger partial charge in [-0.25, -0.2) is 0 Å². The molecular weight excluding hydrogens is 520 g/mol. The van der Waals surface area contributed by atoms with Gasteiger partial charge in [0, 0.05) is 5.56 Å². The molecule has 0 unspecified atom stereocenters.